The lowest BCUT2D eigenvalue weighted by molar-refractivity contribution is 1.03. The number of allylic oxidation sites excluding steroid dienone is 1. The van der Waals surface area contributed by atoms with E-state index in [0.717, 1.165) is 0 Å². The van der Waals surface area contributed by atoms with Crippen molar-refractivity contribution in [3.05, 3.63) is 144 Å². The Morgan fingerprint density at radius 1 is 0.464 bits per heavy atom. The van der Waals surface area contributed by atoms with Crippen LogP contribution in [-0.4, -0.2) is 0 Å². The summed E-state index contributed by atoms with van der Waals surface area (Å²) in [6.45, 7) is 0. The van der Waals surface area contributed by atoms with Gasteiger partial charge in [-0.15, -0.1) is 0 Å². The molecule has 4 aromatic rings. The van der Waals surface area contributed by atoms with E-state index in [1.807, 2.05) is 0 Å². The summed E-state index contributed by atoms with van der Waals surface area (Å²) in [6, 6.07) is 43.2. The molecule has 0 heterocycles. The molecule has 4 aromatic carbocycles. The molecule has 136 valence electrons. The molecule has 4 rings (SSSR count). The minimum Gasteiger partial charge on any atom is -0.0715 e. The normalized spacial score (nSPS) is 11.4. The summed E-state index contributed by atoms with van der Waals surface area (Å²) < 4.78 is 0. The third-order valence-electron chi connectivity index (χ3n) is 4.81. The SMILES string of the molecule is C(=CP(c1ccccc1)c1ccccc1)C(c1ccccc1)c1ccccc1. The highest BCUT2D eigenvalue weighted by Crippen LogP contribution is 2.37. The fourth-order valence-corrected chi connectivity index (χ4v) is 5.38. The summed E-state index contributed by atoms with van der Waals surface area (Å²) in [5, 5.41) is 2.75. The summed E-state index contributed by atoms with van der Waals surface area (Å²) in [5.74, 6) is 2.67. The van der Waals surface area contributed by atoms with Crippen molar-refractivity contribution in [2.75, 3.05) is 0 Å². The lowest BCUT2D eigenvalue weighted by atomic mass is 9.92. The molecule has 0 N–H and O–H groups in total. The molecule has 0 unspecified atom stereocenters. The molecule has 0 saturated carbocycles. The van der Waals surface area contributed by atoms with Gasteiger partial charge in [0, 0.05) is 5.92 Å². The highest BCUT2D eigenvalue weighted by Gasteiger charge is 2.14. The molecular formula is C27H23P. The summed E-state index contributed by atoms with van der Waals surface area (Å²) >= 11 is 0. The van der Waals surface area contributed by atoms with Gasteiger partial charge in [-0.3, -0.25) is 0 Å². The van der Waals surface area contributed by atoms with Gasteiger partial charge >= 0.3 is 0 Å². The largest absolute Gasteiger partial charge is 0.0715 e. The van der Waals surface area contributed by atoms with E-state index in [4.69, 9.17) is 0 Å². The minimum atomic E-state index is -0.545. The van der Waals surface area contributed by atoms with Crippen molar-refractivity contribution < 1.29 is 0 Å². The fourth-order valence-electron chi connectivity index (χ4n) is 3.41. The third-order valence-corrected chi connectivity index (χ3v) is 6.99. The van der Waals surface area contributed by atoms with E-state index in [1.165, 1.54) is 21.7 Å². The average molecular weight is 378 g/mol. The van der Waals surface area contributed by atoms with E-state index in [-0.39, 0.29) is 5.92 Å². The monoisotopic (exact) mass is 378 g/mol. The molecule has 0 amide bonds. The van der Waals surface area contributed by atoms with Crippen molar-refractivity contribution >= 4 is 18.5 Å². The summed E-state index contributed by atoms with van der Waals surface area (Å²) in [4.78, 5) is 0. The smallest absolute Gasteiger partial charge is 0.0273 e. The minimum absolute atomic E-state index is 0.250. The standard InChI is InChI=1S/C27H23P/c1-5-13-23(14-6-1)27(24-15-7-2-8-16-24)21-22-28(25-17-9-3-10-18-25)26-19-11-4-12-20-26/h1-22,27H. The molecular weight excluding hydrogens is 355 g/mol. The van der Waals surface area contributed by atoms with Crippen LogP contribution in [0.4, 0.5) is 0 Å². The van der Waals surface area contributed by atoms with Gasteiger partial charge in [-0.25, -0.2) is 0 Å². The van der Waals surface area contributed by atoms with Gasteiger partial charge in [0.25, 0.3) is 0 Å². The van der Waals surface area contributed by atoms with Crippen molar-refractivity contribution in [1.29, 1.82) is 0 Å². The van der Waals surface area contributed by atoms with Crippen molar-refractivity contribution in [2.24, 2.45) is 0 Å². The van der Waals surface area contributed by atoms with Crippen molar-refractivity contribution in [1.82, 2.24) is 0 Å². The first-order valence-electron chi connectivity index (χ1n) is 9.59. The average Bonchev–Trinajstić information content (AvgIpc) is 2.79. The van der Waals surface area contributed by atoms with Crippen LogP contribution in [0.1, 0.15) is 17.0 Å². The van der Waals surface area contributed by atoms with Gasteiger partial charge in [-0.2, -0.15) is 0 Å². The van der Waals surface area contributed by atoms with Crippen LogP contribution in [-0.2, 0) is 0 Å². The van der Waals surface area contributed by atoms with Crippen LogP contribution >= 0.6 is 7.92 Å². The summed E-state index contributed by atoms with van der Waals surface area (Å²) in [7, 11) is -0.545. The Kier molecular flexibility index (Phi) is 6.12. The molecule has 28 heavy (non-hydrogen) atoms. The van der Waals surface area contributed by atoms with Gasteiger partial charge in [0.15, 0.2) is 0 Å². The zero-order valence-corrected chi connectivity index (χ0v) is 16.6. The van der Waals surface area contributed by atoms with E-state index < -0.39 is 7.92 Å². The molecule has 0 radical (unpaired) electrons. The predicted molar refractivity (Wildman–Crippen MR) is 123 cm³/mol. The molecule has 0 fully saturated rings. The topological polar surface area (TPSA) is 0 Å². The van der Waals surface area contributed by atoms with E-state index in [0.29, 0.717) is 0 Å². The molecule has 0 spiro atoms. The maximum absolute atomic E-state index is 2.42. The molecule has 1 heteroatoms. The molecule has 0 aromatic heterocycles. The first-order chi connectivity index (χ1) is 13.9. The van der Waals surface area contributed by atoms with Gasteiger partial charge in [0.1, 0.15) is 0 Å². The van der Waals surface area contributed by atoms with Gasteiger partial charge in [-0.1, -0.05) is 133 Å². The molecule has 0 aliphatic heterocycles. The molecule has 0 aliphatic carbocycles. The van der Waals surface area contributed by atoms with Gasteiger partial charge in [0.2, 0.25) is 0 Å². The van der Waals surface area contributed by atoms with Crippen LogP contribution in [0.3, 0.4) is 0 Å². The predicted octanol–water partition coefficient (Wildman–Crippen LogP) is 6.47. The van der Waals surface area contributed by atoms with E-state index >= 15 is 0 Å². The number of rotatable bonds is 6. The van der Waals surface area contributed by atoms with Gasteiger partial charge in [-0.05, 0) is 29.7 Å². The van der Waals surface area contributed by atoms with Gasteiger partial charge < -0.3 is 0 Å². The fraction of sp³-hybridized carbons (Fsp3) is 0.0370. The zero-order chi connectivity index (χ0) is 19.0. The molecule has 0 atom stereocenters. The summed E-state index contributed by atoms with van der Waals surface area (Å²) in [6.07, 6.45) is 2.39. The van der Waals surface area contributed by atoms with E-state index in [2.05, 4.69) is 133 Å². The molecule has 0 nitrogen and oxygen atoms in total. The van der Waals surface area contributed by atoms with Crippen molar-refractivity contribution in [3.63, 3.8) is 0 Å². The number of hydrogen-bond acceptors (Lipinski definition) is 0. The Morgan fingerprint density at radius 2 is 0.821 bits per heavy atom. The second kappa shape index (κ2) is 9.31. The second-order valence-corrected chi connectivity index (χ2v) is 8.75. The highest BCUT2D eigenvalue weighted by molar-refractivity contribution is 7.75. The van der Waals surface area contributed by atoms with Crippen LogP contribution in [0, 0.1) is 0 Å². The van der Waals surface area contributed by atoms with Crippen LogP contribution in [0.5, 0.6) is 0 Å². The highest BCUT2D eigenvalue weighted by atomic mass is 31.1. The second-order valence-electron chi connectivity index (χ2n) is 6.68. The van der Waals surface area contributed by atoms with E-state index in [9.17, 15) is 0 Å². The lowest BCUT2D eigenvalue weighted by Gasteiger charge is -2.18. The Bertz CT molecular complexity index is 829. The summed E-state index contributed by atoms with van der Waals surface area (Å²) in [5.41, 5.74) is 2.64. The van der Waals surface area contributed by atoms with Gasteiger partial charge in [0.05, 0.1) is 0 Å². The van der Waals surface area contributed by atoms with Crippen molar-refractivity contribution in [3.8, 4) is 0 Å². The molecule has 0 bridgehead atoms. The maximum atomic E-state index is 2.42. The number of benzene rings is 4. The lowest BCUT2D eigenvalue weighted by Crippen LogP contribution is -2.09. The first-order valence-corrected chi connectivity index (χ1v) is 11.0. The van der Waals surface area contributed by atoms with E-state index in [1.54, 1.807) is 0 Å². The maximum Gasteiger partial charge on any atom is 0.0273 e. The third kappa shape index (κ3) is 4.47. The van der Waals surface area contributed by atoms with Crippen LogP contribution in [0.25, 0.3) is 0 Å². The number of hydrogen-bond donors (Lipinski definition) is 0. The molecule has 0 aliphatic rings. The Hall–Kier alpha value is -2.95. The van der Waals surface area contributed by atoms with Crippen LogP contribution < -0.4 is 10.6 Å². The quantitative estimate of drug-likeness (QED) is 0.338. The first kappa shape index (κ1) is 18.4. The van der Waals surface area contributed by atoms with Crippen LogP contribution in [0.2, 0.25) is 0 Å². The Balaban J connectivity index is 1.75. The Labute approximate surface area is 169 Å². The zero-order valence-electron chi connectivity index (χ0n) is 15.7. The molecule has 0 saturated heterocycles. The van der Waals surface area contributed by atoms with Crippen LogP contribution in [0.15, 0.2) is 133 Å². The Morgan fingerprint density at radius 3 is 1.21 bits per heavy atom. The van der Waals surface area contributed by atoms with Crippen molar-refractivity contribution in [2.45, 2.75) is 5.92 Å².